The van der Waals surface area contributed by atoms with E-state index in [-0.39, 0.29) is 23.6 Å². The van der Waals surface area contributed by atoms with E-state index in [1.165, 1.54) is 6.92 Å². The predicted molar refractivity (Wildman–Crippen MR) is 138 cm³/mol. The van der Waals surface area contributed by atoms with E-state index in [1.807, 2.05) is 13.8 Å². The molecule has 2 aliphatic rings. The van der Waals surface area contributed by atoms with Crippen LogP contribution in [0, 0.1) is 5.92 Å². The van der Waals surface area contributed by atoms with Gasteiger partial charge in [-0.1, -0.05) is 59.3 Å². The van der Waals surface area contributed by atoms with Crippen molar-refractivity contribution in [2.24, 2.45) is 5.92 Å². The fourth-order valence-corrected chi connectivity index (χ4v) is 5.66. The summed E-state index contributed by atoms with van der Waals surface area (Å²) in [6.07, 6.45) is 5.42. The summed E-state index contributed by atoms with van der Waals surface area (Å²) in [5, 5.41) is 19.5. The van der Waals surface area contributed by atoms with Crippen LogP contribution in [0.5, 0.6) is 0 Å². The minimum atomic E-state index is -1.52. The number of amides is 4. The zero-order chi connectivity index (χ0) is 26.0. The largest absolute Gasteiger partial charge is 0.381 e. The summed E-state index contributed by atoms with van der Waals surface area (Å²) in [6.45, 7) is 7.78. The van der Waals surface area contributed by atoms with E-state index in [0.717, 1.165) is 44.3 Å². The van der Waals surface area contributed by atoms with E-state index >= 15 is 0 Å². The van der Waals surface area contributed by atoms with Gasteiger partial charge in [-0.25, -0.2) is 4.79 Å². The first-order chi connectivity index (χ1) is 16.6. The van der Waals surface area contributed by atoms with E-state index < -0.39 is 29.6 Å². The Bertz CT molecular complexity index is 735. The molecule has 9 nitrogen and oxygen atoms in total. The quantitative estimate of drug-likeness (QED) is 0.298. The van der Waals surface area contributed by atoms with Gasteiger partial charge in [0.25, 0.3) is 5.91 Å². The van der Waals surface area contributed by atoms with Gasteiger partial charge in [-0.05, 0) is 32.1 Å². The van der Waals surface area contributed by atoms with Crippen LogP contribution in [0.15, 0.2) is 0 Å². The first-order valence-corrected chi connectivity index (χ1v) is 14.2. The fraction of sp³-hybridized carbons (Fsp3) is 0.840. The number of unbranched alkanes of at least 4 members (excludes halogenated alkanes) is 2. The van der Waals surface area contributed by atoms with Gasteiger partial charge in [-0.3, -0.25) is 14.4 Å². The first kappa shape index (κ1) is 29.4. The Morgan fingerprint density at radius 3 is 2.29 bits per heavy atom. The number of aliphatic hydroxyl groups is 1. The van der Waals surface area contributed by atoms with Crippen LogP contribution in [-0.2, 0) is 14.4 Å². The number of Topliss-reactive ketones (excluding diaryl/α,β-unsaturated/α-hetero) is 1. The molecule has 0 unspecified atom stereocenters. The molecule has 200 valence electrons. The summed E-state index contributed by atoms with van der Waals surface area (Å²) in [5.41, 5.74) is -1.06. The SMILES string of the molecule is CCCCC[C@H](NC(=O)[C@@H](O)[C@@H](NC(=O)C1(NC(=O)N2CCSC2)CCCCC1)C(C)C)C(C)=O. The maximum Gasteiger partial charge on any atom is 0.318 e. The number of nitrogens with zero attached hydrogens (tertiary/aromatic N) is 1. The molecule has 1 saturated heterocycles. The lowest BCUT2D eigenvalue weighted by Gasteiger charge is -2.39. The van der Waals surface area contributed by atoms with Gasteiger partial charge in [-0.15, -0.1) is 11.8 Å². The van der Waals surface area contributed by atoms with Gasteiger partial charge in [0.15, 0.2) is 11.9 Å². The third-order valence-corrected chi connectivity index (χ3v) is 8.02. The monoisotopic (exact) mass is 512 g/mol. The summed E-state index contributed by atoms with van der Waals surface area (Å²) in [4.78, 5) is 53.0. The number of urea groups is 1. The van der Waals surface area contributed by atoms with Crippen molar-refractivity contribution in [3.63, 3.8) is 0 Å². The molecule has 1 saturated carbocycles. The molecule has 1 heterocycles. The number of ketones is 1. The molecule has 35 heavy (non-hydrogen) atoms. The number of carbonyl (C=O) groups excluding carboxylic acids is 4. The Kier molecular flexibility index (Phi) is 11.8. The molecule has 0 spiro atoms. The van der Waals surface area contributed by atoms with Crippen LogP contribution < -0.4 is 16.0 Å². The Hall–Kier alpha value is -1.81. The first-order valence-electron chi connectivity index (χ1n) is 13.1. The zero-order valence-electron chi connectivity index (χ0n) is 21.7. The van der Waals surface area contributed by atoms with Crippen LogP contribution in [-0.4, -0.2) is 75.5 Å². The van der Waals surface area contributed by atoms with Gasteiger partial charge in [0, 0.05) is 12.3 Å². The summed E-state index contributed by atoms with van der Waals surface area (Å²) in [6, 6.07) is -1.76. The van der Waals surface area contributed by atoms with Crippen molar-refractivity contribution in [1.29, 1.82) is 0 Å². The van der Waals surface area contributed by atoms with Gasteiger partial charge in [0.05, 0.1) is 18.0 Å². The van der Waals surface area contributed by atoms with Crippen molar-refractivity contribution in [3.8, 4) is 0 Å². The van der Waals surface area contributed by atoms with E-state index in [1.54, 1.807) is 16.7 Å². The van der Waals surface area contributed by atoms with Crippen molar-refractivity contribution in [2.75, 3.05) is 18.2 Å². The van der Waals surface area contributed by atoms with Crippen LogP contribution in [0.2, 0.25) is 0 Å². The van der Waals surface area contributed by atoms with Crippen molar-refractivity contribution >= 4 is 35.4 Å². The number of thioether (sulfide) groups is 1. The maximum atomic E-state index is 13.6. The van der Waals surface area contributed by atoms with Crippen LogP contribution >= 0.6 is 11.8 Å². The highest BCUT2D eigenvalue weighted by Crippen LogP contribution is 2.30. The molecule has 0 radical (unpaired) electrons. The summed E-state index contributed by atoms with van der Waals surface area (Å²) in [7, 11) is 0. The molecule has 0 aromatic heterocycles. The van der Waals surface area contributed by atoms with Gasteiger partial charge in [0.2, 0.25) is 5.91 Å². The molecule has 4 amide bonds. The Morgan fingerprint density at radius 2 is 1.74 bits per heavy atom. The lowest BCUT2D eigenvalue weighted by Crippen LogP contribution is -2.65. The molecule has 10 heteroatoms. The van der Waals surface area contributed by atoms with Crippen molar-refractivity contribution in [2.45, 2.75) is 109 Å². The van der Waals surface area contributed by atoms with Gasteiger partial charge >= 0.3 is 6.03 Å². The van der Waals surface area contributed by atoms with Crippen molar-refractivity contribution < 1.29 is 24.3 Å². The molecule has 2 fully saturated rings. The molecule has 0 aromatic rings. The fourth-order valence-electron chi connectivity index (χ4n) is 4.72. The Labute approximate surface area is 213 Å². The molecule has 4 N–H and O–H groups in total. The summed E-state index contributed by atoms with van der Waals surface area (Å²) in [5.74, 6) is 0.0403. The van der Waals surface area contributed by atoms with Crippen LogP contribution in [0.3, 0.4) is 0 Å². The number of nitrogens with one attached hydrogen (secondary N) is 3. The lowest BCUT2D eigenvalue weighted by atomic mass is 9.80. The Morgan fingerprint density at radius 1 is 1.06 bits per heavy atom. The van der Waals surface area contributed by atoms with Crippen LogP contribution in [0.1, 0.15) is 85.5 Å². The highest BCUT2D eigenvalue weighted by atomic mass is 32.2. The second kappa shape index (κ2) is 14.1. The van der Waals surface area contributed by atoms with Crippen molar-refractivity contribution in [3.05, 3.63) is 0 Å². The van der Waals surface area contributed by atoms with E-state index in [0.29, 0.717) is 31.7 Å². The average molecular weight is 513 g/mol. The maximum absolute atomic E-state index is 13.6. The molecule has 1 aliphatic heterocycles. The van der Waals surface area contributed by atoms with Crippen LogP contribution in [0.4, 0.5) is 4.79 Å². The number of hydrogen-bond donors (Lipinski definition) is 4. The third-order valence-electron chi connectivity index (χ3n) is 7.06. The van der Waals surface area contributed by atoms with Gasteiger partial charge in [0.1, 0.15) is 5.54 Å². The number of aliphatic hydroxyl groups excluding tert-OH is 1. The van der Waals surface area contributed by atoms with Crippen LogP contribution in [0.25, 0.3) is 0 Å². The van der Waals surface area contributed by atoms with Gasteiger partial charge in [-0.2, -0.15) is 0 Å². The van der Waals surface area contributed by atoms with E-state index in [4.69, 9.17) is 0 Å². The Balaban J connectivity index is 2.10. The zero-order valence-corrected chi connectivity index (χ0v) is 22.5. The topological polar surface area (TPSA) is 128 Å². The highest BCUT2D eigenvalue weighted by Gasteiger charge is 2.44. The highest BCUT2D eigenvalue weighted by molar-refractivity contribution is 7.99. The summed E-state index contributed by atoms with van der Waals surface area (Å²) >= 11 is 1.68. The second-order valence-electron chi connectivity index (χ2n) is 10.2. The molecule has 0 bridgehead atoms. The normalized spacial score (nSPS) is 20.1. The average Bonchev–Trinajstić information content (AvgIpc) is 3.37. The van der Waals surface area contributed by atoms with E-state index in [2.05, 4.69) is 22.9 Å². The lowest BCUT2D eigenvalue weighted by molar-refractivity contribution is -0.137. The smallest absolute Gasteiger partial charge is 0.318 e. The van der Waals surface area contributed by atoms with E-state index in [9.17, 15) is 24.3 Å². The third kappa shape index (κ3) is 8.37. The second-order valence-corrected chi connectivity index (χ2v) is 11.3. The molecule has 0 aromatic carbocycles. The number of rotatable bonds is 12. The molecular formula is C25H44N4O5S. The van der Waals surface area contributed by atoms with Gasteiger partial charge < -0.3 is 26.0 Å². The molecular weight excluding hydrogens is 468 g/mol. The predicted octanol–water partition coefficient (Wildman–Crippen LogP) is 2.56. The summed E-state index contributed by atoms with van der Waals surface area (Å²) < 4.78 is 0. The minimum Gasteiger partial charge on any atom is -0.381 e. The standard InChI is InChI=1S/C25H44N4O5S/c1-5-6-8-11-19(18(4)30)26-22(32)21(31)20(17(2)3)27-23(33)25(12-9-7-10-13-25)28-24(34)29-14-15-35-16-29/h17,19-21,31H,5-16H2,1-4H3,(H,26,32)(H,27,33)(H,28,34)/t19-,20-,21-/m0/s1. The number of hydrogen-bond acceptors (Lipinski definition) is 6. The number of carbonyl (C=O) groups is 4. The minimum absolute atomic E-state index is 0.157. The molecule has 1 aliphatic carbocycles. The van der Waals surface area contributed by atoms with Crippen molar-refractivity contribution in [1.82, 2.24) is 20.9 Å². The molecule has 2 rings (SSSR count). The molecule has 3 atom stereocenters.